The molecule has 2 aromatic heterocycles. The summed E-state index contributed by atoms with van der Waals surface area (Å²) in [6, 6.07) is 12.0. The molecule has 1 saturated carbocycles. The van der Waals surface area contributed by atoms with Crippen molar-refractivity contribution >= 4 is 22.9 Å². The van der Waals surface area contributed by atoms with Crippen LogP contribution in [0.1, 0.15) is 29.7 Å². The van der Waals surface area contributed by atoms with E-state index in [9.17, 15) is 0 Å². The average molecular weight is 303 g/mol. The van der Waals surface area contributed by atoms with Crippen LogP contribution < -0.4 is 0 Å². The number of hydrogen-bond donors (Lipinski definition) is 0. The van der Waals surface area contributed by atoms with E-state index in [0.29, 0.717) is 17.7 Å². The van der Waals surface area contributed by atoms with E-state index in [-0.39, 0.29) is 0 Å². The number of benzene rings is 1. The third-order valence-corrected chi connectivity index (χ3v) is 4.71. The molecule has 2 heterocycles. The summed E-state index contributed by atoms with van der Waals surface area (Å²) in [7, 11) is 0. The van der Waals surface area contributed by atoms with Crippen LogP contribution in [0.15, 0.2) is 46.3 Å². The summed E-state index contributed by atoms with van der Waals surface area (Å²) in [4.78, 5) is 5.56. The SMILES string of the molecule is Clc1ccc(C2CC2c2nc(-c3cccs3)no2)cc1. The van der Waals surface area contributed by atoms with E-state index in [4.69, 9.17) is 16.1 Å². The van der Waals surface area contributed by atoms with Gasteiger partial charge in [0, 0.05) is 10.9 Å². The Balaban J connectivity index is 1.54. The van der Waals surface area contributed by atoms with Crippen LogP contribution in [0.25, 0.3) is 10.7 Å². The summed E-state index contributed by atoms with van der Waals surface area (Å²) >= 11 is 7.53. The van der Waals surface area contributed by atoms with Gasteiger partial charge in [-0.3, -0.25) is 0 Å². The van der Waals surface area contributed by atoms with E-state index in [0.717, 1.165) is 22.2 Å². The van der Waals surface area contributed by atoms with Gasteiger partial charge in [-0.25, -0.2) is 0 Å². The second kappa shape index (κ2) is 4.72. The van der Waals surface area contributed by atoms with Crippen LogP contribution in [0.3, 0.4) is 0 Å². The Bertz CT molecular complexity index is 721. The predicted molar refractivity (Wildman–Crippen MR) is 79.2 cm³/mol. The molecule has 0 amide bonds. The maximum absolute atomic E-state index is 5.91. The molecule has 3 nitrogen and oxygen atoms in total. The Morgan fingerprint density at radius 2 is 2.00 bits per heavy atom. The molecule has 1 fully saturated rings. The van der Waals surface area contributed by atoms with Crippen LogP contribution in [-0.2, 0) is 0 Å². The van der Waals surface area contributed by atoms with E-state index in [1.54, 1.807) is 11.3 Å². The van der Waals surface area contributed by atoms with Crippen molar-refractivity contribution in [3.8, 4) is 10.7 Å². The molecular formula is C15H11ClN2OS. The Morgan fingerprint density at radius 3 is 2.75 bits per heavy atom. The second-order valence-corrected chi connectivity index (χ2v) is 6.32. The number of aromatic nitrogens is 2. The molecule has 1 aliphatic rings. The quantitative estimate of drug-likeness (QED) is 0.702. The lowest BCUT2D eigenvalue weighted by atomic mass is 10.1. The molecular weight excluding hydrogens is 292 g/mol. The molecule has 20 heavy (non-hydrogen) atoms. The van der Waals surface area contributed by atoms with Gasteiger partial charge >= 0.3 is 0 Å². The summed E-state index contributed by atoms with van der Waals surface area (Å²) in [5.41, 5.74) is 1.29. The number of nitrogens with zero attached hydrogens (tertiary/aromatic N) is 2. The Labute approximate surface area is 125 Å². The fourth-order valence-electron chi connectivity index (χ4n) is 2.44. The molecule has 3 aromatic rings. The van der Waals surface area contributed by atoms with Crippen molar-refractivity contribution in [1.29, 1.82) is 0 Å². The van der Waals surface area contributed by atoms with Gasteiger partial charge in [-0.1, -0.05) is 35.0 Å². The van der Waals surface area contributed by atoms with Gasteiger partial charge in [0.05, 0.1) is 4.88 Å². The van der Waals surface area contributed by atoms with Crippen molar-refractivity contribution in [1.82, 2.24) is 10.1 Å². The zero-order valence-electron chi connectivity index (χ0n) is 10.5. The maximum atomic E-state index is 5.91. The monoisotopic (exact) mass is 302 g/mol. The van der Waals surface area contributed by atoms with Crippen molar-refractivity contribution in [3.63, 3.8) is 0 Å². The molecule has 2 unspecified atom stereocenters. The van der Waals surface area contributed by atoms with E-state index in [2.05, 4.69) is 22.3 Å². The van der Waals surface area contributed by atoms with Crippen LogP contribution in [-0.4, -0.2) is 10.1 Å². The largest absolute Gasteiger partial charge is 0.339 e. The van der Waals surface area contributed by atoms with Gasteiger partial charge in [0.15, 0.2) is 0 Å². The van der Waals surface area contributed by atoms with E-state index in [1.165, 1.54) is 5.56 Å². The molecule has 0 aliphatic heterocycles. The Morgan fingerprint density at radius 1 is 1.15 bits per heavy atom. The van der Waals surface area contributed by atoms with Crippen molar-refractivity contribution in [3.05, 3.63) is 58.3 Å². The highest BCUT2D eigenvalue weighted by molar-refractivity contribution is 7.13. The highest BCUT2D eigenvalue weighted by atomic mass is 35.5. The molecule has 0 bridgehead atoms. The van der Waals surface area contributed by atoms with Crippen molar-refractivity contribution in [2.75, 3.05) is 0 Å². The second-order valence-electron chi connectivity index (χ2n) is 4.93. The Hall–Kier alpha value is -1.65. The van der Waals surface area contributed by atoms with Gasteiger partial charge in [0.2, 0.25) is 11.7 Å². The molecule has 1 aromatic carbocycles. The number of hydrogen-bond acceptors (Lipinski definition) is 4. The summed E-state index contributed by atoms with van der Waals surface area (Å²) in [6.45, 7) is 0. The van der Waals surface area contributed by atoms with Gasteiger partial charge in [-0.2, -0.15) is 4.98 Å². The standard InChI is InChI=1S/C15H11ClN2OS/c16-10-5-3-9(4-6-10)11-8-12(11)15-17-14(18-19-15)13-2-1-7-20-13/h1-7,11-12H,8H2. The molecule has 5 heteroatoms. The van der Waals surface area contributed by atoms with Gasteiger partial charge in [0.1, 0.15) is 0 Å². The number of rotatable bonds is 3. The molecule has 0 N–H and O–H groups in total. The van der Waals surface area contributed by atoms with Crippen molar-refractivity contribution < 1.29 is 4.52 Å². The molecule has 100 valence electrons. The lowest BCUT2D eigenvalue weighted by Gasteiger charge is -1.97. The fraction of sp³-hybridized carbons (Fsp3) is 0.200. The van der Waals surface area contributed by atoms with Crippen molar-refractivity contribution in [2.24, 2.45) is 0 Å². The van der Waals surface area contributed by atoms with Gasteiger partial charge in [0.25, 0.3) is 0 Å². The Kier molecular flexibility index (Phi) is 2.86. The molecule has 2 atom stereocenters. The summed E-state index contributed by atoms with van der Waals surface area (Å²) < 4.78 is 5.41. The van der Waals surface area contributed by atoms with E-state index >= 15 is 0 Å². The normalized spacial score (nSPS) is 21.1. The molecule has 0 saturated heterocycles. The lowest BCUT2D eigenvalue weighted by molar-refractivity contribution is 0.378. The first-order valence-electron chi connectivity index (χ1n) is 6.44. The predicted octanol–water partition coefficient (Wildman–Crippen LogP) is 4.72. The summed E-state index contributed by atoms with van der Waals surface area (Å²) in [5.74, 6) is 2.26. The first-order valence-corrected chi connectivity index (χ1v) is 7.70. The van der Waals surface area contributed by atoms with Crippen LogP contribution >= 0.6 is 22.9 Å². The summed E-state index contributed by atoms with van der Waals surface area (Å²) in [5, 5.41) is 6.85. The zero-order valence-corrected chi connectivity index (χ0v) is 12.1. The minimum atomic E-state index is 0.345. The van der Waals surface area contributed by atoms with Gasteiger partial charge in [-0.15, -0.1) is 11.3 Å². The minimum Gasteiger partial charge on any atom is -0.339 e. The van der Waals surface area contributed by atoms with Crippen LogP contribution in [0, 0.1) is 0 Å². The smallest absolute Gasteiger partial charge is 0.230 e. The number of halogens is 1. The third kappa shape index (κ3) is 2.15. The highest BCUT2D eigenvalue weighted by Crippen LogP contribution is 2.54. The first kappa shape index (κ1) is 12.1. The topological polar surface area (TPSA) is 38.9 Å². The van der Waals surface area contributed by atoms with Crippen molar-refractivity contribution in [2.45, 2.75) is 18.3 Å². The maximum Gasteiger partial charge on any atom is 0.230 e. The number of thiophene rings is 1. The summed E-state index contributed by atoms with van der Waals surface area (Å²) in [6.07, 6.45) is 1.06. The molecule has 1 aliphatic carbocycles. The fourth-order valence-corrected chi connectivity index (χ4v) is 3.21. The molecule has 0 spiro atoms. The van der Waals surface area contributed by atoms with Gasteiger partial charge in [-0.05, 0) is 41.5 Å². The lowest BCUT2D eigenvalue weighted by Crippen LogP contribution is -1.84. The highest BCUT2D eigenvalue weighted by Gasteiger charge is 2.43. The van der Waals surface area contributed by atoms with E-state index in [1.807, 2.05) is 29.6 Å². The first-order chi connectivity index (χ1) is 9.81. The van der Waals surface area contributed by atoms with Crippen LogP contribution in [0.5, 0.6) is 0 Å². The molecule has 4 rings (SSSR count). The molecule has 0 radical (unpaired) electrons. The zero-order chi connectivity index (χ0) is 13.5. The van der Waals surface area contributed by atoms with Gasteiger partial charge < -0.3 is 4.52 Å². The van der Waals surface area contributed by atoms with E-state index < -0.39 is 0 Å². The van der Waals surface area contributed by atoms with Crippen LogP contribution in [0.2, 0.25) is 5.02 Å². The van der Waals surface area contributed by atoms with Crippen LogP contribution in [0.4, 0.5) is 0 Å². The average Bonchev–Trinajstić information content (AvgIpc) is 2.92. The minimum absolute atomic E-state index is 0.345. The third-order valence-electron chi connectivity index (χ3n) is 3.59.